The molecule has 3 aromatic rings. The molecule has 0 saturated heterocycles. The summed E-state index contributed by atoms with van der Waals surface area (Å²) in [5.74, 6) is 4.41. The summed E-state index contributed by atoms with van der Waals surface area (Å²) in [6.07, 6.45) is 1.33. The number of aromatic nitrogens is 2. The average Bonchev–Trinajstić information content (AvgIpc) is 3.14. The summed E-state index contributed by atoms with van der Waals surface area (Å²) >= 11 is 1.79. The van der Waals surface area contributed by atoms with Crippen molar-refractivity contribution in [1.29, 1.82) is 0 Å². The number of rotatable bonds is 9. The highest BCUT2D eigenvalue weighted by Crippen LogP contribution is 2.23. The smallest absolute Gasteiger partial charge is 0.254 e. The van der Waals surface area contributed by atoms with Crippen LogP contribution < -0.4 is 5.56 Å². The molecule has 0 aliphatic carbocycles. The van der Waals surface area contributed by atoms with Gasteiger partial charge in [0.2, 0.25) is 0 Å². The number of hydrogen-bond acceptors (Lipinski definition) is 5. The second-order valence-corrected chi connectivity index (χ2v) is 10.7. The molecule has 0 saturated carbocycles. The highest BCUT2D eigenvalue weighted by Gasteiger charge is 2.14. The van der Waals surface area contributed by atoms with Crippen LogP contribution in [0.3, 0.4) is 0 Å². The van der Waals surface area contributed by atoms with Crippen molar-refractivity contribution in [2.75, 3.05) is 19.8 Å². The average molecular weight is 454 g/mol. The minimum Gasteiger partial charge on any atom is -0.464 e. The molecule has 2 heterocycles. The van der Waals surface area contributed by atoms with Crippen molar-refractivity contribution >= 4 is 11.8 Å². The van der Waals surface area contributed by atoms with Crippen LogP contribution in [0.25, 0.3) is 0 Å². The lowest BCUT2D eigenvalue weighted by Gasteiger charge is -2.19. The number of H-pyrrole nitrogens is 1. The summed E-state index contributed by atoms with van der Waals surface area (Å²) in [4.78, 5) is 22.5. The molecule has 0 radical (unpaired) electrons. The van der Waals surface area contributed by atoms with E-state index in [1.807, 2.05) is 33.2 Å². The minimum absolute atomic E-state index is 0.0308. The molecule has 2 aromatic heterocycles. The number of thioether (sulfide) groups is 1. The number of nitrogens with zero attached hydrogens (tertiary/aromatic N) is 2. The van der Waals surface area contributed by atoms with Crippen LogP contribution in [0, 0.1) is 6.92 Å². The van der Waals surface area contributed by atoms with Crippen molar-refractivity contribution in [3.63, 3.8) is 0 Å². The van der Waals surface area contributed by atoms with E-state index in [1.165, 1.54) is 5.56 Å². The molecule has 0 aliphatic rings. The molecular weight excluding hydrogens is 418 g/mol. The van der Waals surface area contributed by atoms with Gasteiger partial charge < -0.3 is 14.3 Å². The number of aromatic amines is 1. The van der Waals surface area contributed by atoms with Crippen LogP contribution >= 0.6 is 11.8 Å². The third-order valence-electron chi connectivity index (χ3n) is 5.39. The van der Waals surface area contributed by atoms with Gasteiger partial charge in [-0.05, 0) is 49.7 Å². The van der Waals surface area contributed by atoms with Gasteiger partial charge in [-0.1, -0.05) is 45.0 Å². The summed E-state index contributed by atoms with van der Waals surface area (Å²) in [5.41, 5.74) is 4.07. The molecular formula is C26H35N3O2S. The lowest BCUT2D eigenvalue weighted by Crippen LogP contribution is -2.20. The van der Waals surface area contributed by atoms with Crippen molar-refractivity contribution in [2.24, 2.45) is 0 Å². The zero-order valence-corrected chi connectivity index (χ0v) is 20.9. The Morgan fingerprint density at radius 3 is 2.38 bits per heavy atom. The maximum Gasteiger partial charge on any atom is 0.254 e. The van der Waals surface area contributed by atoms with Gasteiger partial charge in [-0.3, -0.25) is 4.79 Å². The topological polar surface area (TPSA) is 62.1 Å². The van der Waals surface area contributed by atoms with E-state index in [0.717, 1.165) is 58.6 Å². The van der Waals surface area contributed by atoms with E-state index < -0.39 is 0 Å². The Hall–Kier alpha value is -2.31. The quantitative estimate of drug-likeness (QED) is 0.457. The Morgan fingerprint density at radius 2 is 1.75 bits per heavy atom. The number of aryl methyl sites for hydroxylation is 2. The van der Waals surface area contributed by atoms with Crippen molar-refractivity contribution in [1.82, 2.24) is 14.9 Å². The van der Waals surface area contributed by atoms with E-state index >= 15 is 0 Å². The number of hydrogen-bond donors (Lipinski definition) is 1. The first-order valence-electron chi connectivity index (χ1n) is 11.1. The molecule has 6 heteroatoms. The number of nitrogens with one attached hydrogen (secondary N) is 1. The first-order chi connectivity index (χ1) is 15.1. The monoisotopic (exact) mass is 453 g/mol. The van der Waals surface area contributed by atoms with Crippen LogP contribution in [0.4, 0.5) is 0 Å². The van der Waals surface area contributed by atoms with Gasteiger partial charge in [0.05, 0.1) is 12.3 Å². The lowest BCUT2D eigenvalue weighted by atomic mass is 9.86. The zero-order chi connectivity index (χ0) is 23.3. The van der Waals surface area contributed by atoms with Gasteiger partial charge in [0.1, 0.15) is 17.3 Å². The van der Waals surface area contributed by atoms with Crippen LogP contribution in [0.1, 0.15) is 60.5 Å². The van der Waals surface area contributed by atoms with Crippen LogP contribution in [-0.2, 0) is 30.6 Å². The summed E-state index contributed by atoms with van der Waals surface area (Å²) in [6, 6.07) is 12.6. The SMILES string of the molecule is Cc1nc(CCSCc2ccc(CN(C)C)o2)[nH]c(=O)c1Cc1ccc(C(C)(C)C)cc1. The Balaban J connectivity index is 1.55. The van der Waals surface area contributed by atoms with E-state index in [-0.39, 0.29) is 11.0 Å². The second-order valence-electron chi connectivity index (χ2n) is 9.61. The fourth-order valence-corrected chi connectivity index (χ4v) is 4.40. The highest BCUT2D eigenvalue weighted by molar-refractivity contribution is 7.98. The molecule has 0 fully saturated rings. The van der Waals surface area contributed by atoms with Gasteiger partial charge in [0.25, 0.3) is 5.56 Å². The molecule has 0 spiro atoms. The highest BCUT2D eigenvalue weighted by atomic mass is 32.2. The normalized spacial score (nSPS) is 12.0. The molecule has 32 heavy (non-hydrogen) atoms. The van der Waals surface area contributed by atoms with Crippen molar-refractivity contribution in [3.8, 4) is 0 Å². The first kappa shape index (κ1) is 24.3. The van der Waals surface area contributed by atoms with Crippen molar-refractivity contribution in [3.05, 3.63) is 86.5 Å². The van der Waals surface area contributed by atoms with E-state index in [0.29, 0.717) is 6.42 Å². The first-order valence-corrected chi connectivity index (χ1v) is 12.3. The fourth-order valence-electron chi connectivity index (χ4n) is 3.56. The molecule has 0 bridgehead atoms. The van der Waals surface area contributed by atoms with Crippen LogP contribution in [0.2, 0.25) is 0 Å². The lowest BCUT2D eigenvalue weighted by molar-refractivity contribution is 0.344. The predicted molar refractivity (Wildman–Crippen MR) is 134 cm³/mol. The maximum atomic E-state index is 12.7. The van der Waals surface area contributed by atoms with E-state index in [4.69, 9.17) is 4.42 Å². The predicted octanol–water partition coefficient (Wildman–Crippen LogP) is 5.10. The van der Waals surface area contributed by atoms with Crippen LogP contribution in [0.5, 0.6) is 0 Å². The molecule has 1 aromatic carbocycles. The fraction of sp³-hybridized carbons (Fsp3) is 0.462. The number of benzene rings is 1. The largest absolute Gasteiger partial charge is 0.464 e. The Bertz CT molecular complexity index is 1080. The molecule has 3 rings (SSSR count). The maximum absolute atomic E-state index is 12.7. The molecule has 5 nitrogen and oxygen atoms in total. The van der Waals surface area contributed by atoms with E-state index in [9.17, 15) is 4.79 Å². The van der Waals surface area contributed by atoms with E-state index in [1.54, 1.807) is 11.8 Å². The standard InChI is InChI=1S/C26H35N3O2S/c1-18-23(15-19-7-9-20(10-8-19)26(2,3)4)25(30)28-24(27-18)13-14-32-17-22-12-11-21(31-22)16-29(5)6/h7-12H,13-17H2,1-6H3,(H,27,28,30). The Morgan fingerprint density at radius 1 is 1.06 bits per heavy atom. The molecule has 0 unspecified atom stereocenters. The van der Waals surface area contributed by atoms with Gasteiger partial charge in [-0.25, -0.2) is 4.98 Å². The Labute approximate surface area is 195 Å². The van der Waals surface area contributed by atoms with Gasteiger partial charge in [-0.15, -0.1) is 0 Å². The molecule has 0 atom stereocenters. The molecule has 0 amide bonds. The zero-order valence-electron chi connectivity index (χ0n) is 20.1. The second kappa shape index (κ2) is 10.5. The van der Waals surface area contributed by atoms with Crippen LogP contribution in [0.15, 0.2) is 45.6 Å². The summed E-state index contributed by atoms with van der Waals surface area (Å²) < 4.78 is 5.85. The van der Waals surface area contributed by atoms with Gasteiger partial charge >= 0.3 is 0 Å². The van der Waals surface area contributed by atoms with Crippen molar-refractivity contribution in [2.45, 2.75) is 58.2 Å². The summed E-state index contributed by atoms with van der Waals surface area (Å²) in [6.45, 7) is 9.35. The van der Waals surface area contributed by atoms with Gasteiger partial charge in [-0.2, -0.15) is 11.8 Å². The third kappa shape index (κ3) is 6.84. The molecule has 1 N–H and O–H groups in total. The van der Waals surface area contributed by atoms with Gasteiger partial charge in [0, 0.05) is 29.9 Å². The van der Waals surface area contributed by atoms with E-state index in [2.05, 4.69) is 59.9 Å². The number of furan rings is 1. The molecule has 172 valence electrons. The summed E-state index contributed by atoms with van der Waals surface area (Å²) in [5, 5.41) is 0. The minimum atomic E-state index is -0.0308. The molecule has 0 aliphatic heterocycles. The third-order valence-corrected chi connectivity index (χ3v) is 6.37. The Kier molecular flexibility index (Phi) is 8.01. The van der Waals surface area contributed by atoms with Gasteiger partial charge in [0.15, 0.2) is 0 Å². The summed E-state index contributed by atoms with van der Waals surface area (Å²) in [7, 11) is 4.06. The van der Waals surface area contributed by atoms with Crippen molar-refractivity contribution < 1.29 is 4.42 Å². The van der Waals surface area contributed by atoms with Crippen LogP contribution in [-0.4, -0.2) is 34.7 Å².